The van der Waals surface area contributed by atoms with Crippen molar-refractivity contribution in [2.45, 2.75) is 33.9 Å². The summed E-state index contributed by atoms with van der Waals surface area (Å²) in [5.74, 6) is 1.33. The number of carbonyl (C=O) groups excluding carboxylic acids is 1. The van der Waals surface area contributed by atoms with E-state index in [2.05, 4.69) is 25.4 Å². The molecule has 4 aromatic rings. The Morgan fingerprint density at radius 2 is 1.88 bits per heavy atom. The van der Waals surface area contributed by atoms with E-state index in [1.54, 1.807) is 30.3 Å². The first-order valence-corrected chi connectivity index (χ1v) is 10.9. The second-order valence-corrected chi connectivity index (χ2v) is 7.55. The first-order chi connectivity index (χ1) is 16.4. The quantitative estimate of drug-likeness (QED) is 0.418. The predicted octanol–water partition coefficient (Wildman–Crippen LogP) is 3.03. The first-order valence-electron chi connectivity index (χ1n) is 10.9. The van der Waals surface area contributed by atoms with Crippen LogP contribution in [0.4, 0.5) is 23.1 Å². The Kier molecular flexibility index (Phi) is 6.28. The number of nitrogens with one attached hydrogen (secondary N) is 1. The number of aromatic nitrogens is 5. The van der Waals surface area contributed by atoms with Crippen LogP contribution in [0, 0.1) is 6.92 Å². The number of rotatable bonds is 3. The van der Waals surface area contributed by atoms with Gasteiger partial charge in [0.05, 0.1) is 23.3 Å². The van der Waals surface area contributed by atoms with Crippen LogP contribution in [0.1, 0.15) is 25.1 Å². The van der Waals surface area contributed by atoms with E-state index < -0.39 is 0 Å². The molecule has 34 heavy (non-hydrogen) atoms. The van der Waals surface area contributed by atoms with Crippen molar-refractivity contribution in [1.82, 2.24) is 29.8 Å². The van der Waals surface area contributed by atoms with Gasteiger partial charge >= 0.3 is 0 Å². The van der Waals surface area contributed by atoms with Gasteiger partial charge in [0.25, 0.3) is 5.91 Å². The van der Waals surface area contributed by atoms with E-state index >= 15 is 0 Å². The fourth-order valence-electron chi connectivity index (χ4n) is 3.54. The highest BCUT2D eigenvalue weighted by atomic mass is 16.7. The third kappa shape index (κ3) is 4.33. The number of anilines is 4. The zero-order valence-electron chi connectivity index (χ0n) is 19.5. The normalized spacial score (nSPS) is 13.2. The average Bonchev–Trinajstić information content (AvgIpc) is 3.15. The van der Waals surface area contributed by atoms with Crippen LogP contribution in [-0.2, 0) is 22.8 Å². The topological polar surface area (TPSA) is 150 Å². The summed E-state index contributed by atoms with van der Waals surface area (Å²) in [6.45, 7) is 6.28. The number of carbonyl (C=O) groups is 1. The van der Waals surface area contributed by atoms with Crippen molar-refractivity contribution in [1.29, 1.82) is 0 Å². The number of hydrogen-bond donors (Lipinski definition) is 3. The van der Waals surface area contributed by atoms with Crippen LogP contribution in [0.5, 0.6) is 0 Å². The van der Waals surface area contributed by atoms with Crippen molar-refractivity contribution >= 4 is 39.8 Å². The minimum atomic E-state index is -0.177. The van der Waals surface area contributed by atoms with Gasteiger partial charge < -0.3 is 16.8 Å². The molecule has 1 aliphatic rings. The number of amides is 1. The summed E-state index contributed by atoms with van der Waals surface area (Å²) in [7, 11) is 1.59. The van der Waals surface area contributed by atoms with Gasteiger partial charge in [-0.05, 0) is 30.0 Å². The van der Waals surface area contributed by atoms with Crippen molar-refractivity contribution in [2.24, 2.45) is 0 Å². The van der Waals surface area contributed by atoms with Crippen molar-refractivity contribution < 1.29 is 9.63 Å². The fraction of sp³-hybridized carbons (Fsp3) is 0.261. The molecule has 5 N–H and O–H groups in total. The number of nitrogen functional groups attached to an aromatic ring is 2. The maximum Gasteiger partial charge on any atom is 0.267 e. The minimum absolute atomic E-state index is 0.109. The van der Waals surface area contributed by atoms with E-state index in [0.717, 1.165) is 27.6 Å². The molecule has 0 atom stereocenters. The van der Waals surface area contributed by atoms with E-state index in [-0.39, 0.29) is 19.1 Å². The molecule has 0 saturated heterocycles. The molecule has 1 amide bonds. The number of fused-ring (bicyclic) bond motifs is 2. The second kappa shape index (κ2) is 9.32. The monoisotopic (exact) mass is 461 g/mol. The van der Waals surface area contributed by atoms with Crippen molar-refractivity contribution in [3.05, 3.63) is 48.0 Å². The maximum absolute atomic E-state index is 12.0. The molecule has 0 fully saturated rings. The van der Waals surface area contributed by atoms with Gasteiger partial charge in [0.15, 0.2) is 5.82 Å². The van der Waals surface area contributed by atoms with Gasteiger partial charge in [0, 0.05) is 36.5 Å². The van der Waals surface area contributed by atoms with Gasteiger partial charge in [0.1, 0.15) is 24.8 Å². The number of nitrogens with two attached hydrogens (primary N) is 2. The van der Waals surface area contributed by atoms with Gasteiger partial charge in [0.2, 0.25) is 0 Å². The van der Waals surface area contributed by atoms with Crippen molar-refractivity contribution in [3.63, 3.8) is 0 Å². The molecule has 11 nitrogen and oxygen atoms in total. The zero-order valence-corrected chi connectivity index (χ0v) is 19.5. The van der Waals surface area contributed by atoms with Crippen LogP contribution in [0.3, 0.4) is 0 Å². The Morgan fingerprint density at radius 1 is 1.09 bits per heavy atom. The highest BCUT2D eigenvalue weighted by Gasteiger charge is 2.20. The number of hydrogen-bond acceptors (Lipinski definition) is 9. The lowest BCUT2D eigenvalue weighted by Crippen LogP contribution is -2.27. The summed E-state index contributed by atoms with van der Waals surface area (Å²) in [5.41, 5.74) is 16.0. The summed E-state index contributed by atoms with van der Waals surface area (Å²) in [5, 5.41) is 10.4. The van der Waals surface area contributed by atoms with E-state index in [4.69, 9.17) is 16.3 Å². The van der Waals surface area contributed by atoms with Crippen LogP contribution >= 0.6 is 0 Å². The third-order valence-corrected chi connectivity index (χ3v) is 5.44. The molecule has 11 heteroatoms. The summed E-state index contributed by atoms with van der Waals surface area (Å²) < 4.78 is 1.62. The molecule has 176 valence electrons. The number of pyridine rings is 3. The third-order valence-electron chi connectivity index (χ3n) is 5.44. The molecular formula is C23H27N9O2. The van der Waals surface area contributed by atoms with Gasteiger partial charge in [-0.15, -0.1) is 0 Å². The Hall–Kier alpha value is -4.25. The first kappa shape index (κ1) is 22.9. The fourth-order valence-corrected chi connectivity index (χ4v) is 3.54. The molecule has 5 heterocycles. The Balaban J connectivity index is 0.00000133. The molecule has 0 aromatic carbocycles. The Morgan fingerprint density at radius 3 is 2.68 bits per heavy atom. The summed E-state index contributed by atoms with van der Waals surface area (Å²) in [6.07, 6.45) is 4.99. The predicted molar refractivity (Wildman–Crippen MR) is 131 cm³/mol. The van der Waals surface area contributed by atoms with Crippen LogP contribution in [0.25, 0.3) is 22.0 Å². The molecule has 0 spiro atoms. The van der Waals surface area contributed by atoms with Crippen LogP contribution in [0.15, 0.2) is 36.8 Å². The van der Waals surface area contributed by atoms with Gasteiger partial charge in [-0.1, -0.05) is 13.8 Å². The second-order valence-electron chi connectivity index (χ2n) is 7.55. The summed E-state index contributed by atoms with van der Waals surface area (Å²) in [4.78, 5) is 30.5. The highest BCUT2D eigenvalue weighted by Crippen LogP contribution is 2.30. The average molecular weight is 462 g/mol. The molecule has 0 saturated carbocycles. The number of likely N-dealkylation sites (N-methyl/N-ethyl adjacent to an activating group) is 1. The van der Waals surface area contributed by atoms with E-state index in [1.807, 2.05) is 39.0 Å². The molecule has 0 radical (unpaired) electrons. The smallest absolute Gasteiger partial charge is 0.267 e. The lowest BCUT2D eigenvalue weighted by Gasteiger charge is -2.12. The van der Waals surface area contributed by atoms with Crippen molar-refractivity contribution in [3.8, 4) is 11.3 Å². The molecule has 0 aliphatic carbocycles. The van der Waals surface area contributed by atoms with Crippen LogP contribution in [0.2, 0.25) is 0 Å². The molecular weight excluding hydrogens is 434 g/mol. The van der Waals surface area contributed by atoms with Crippen LogP contribution < -0.4 is 16.8 Å². The lowest BCUT2D eigenvalue weighted by atomic mass is 10.0. The Bertz CT molecular complexity index is 1370. The molecule has 0 bridgehead atoms. The standard InChI is InChI=1S/C21H21N9O2.C2H6/c1-11-14(6-24-8-16(11)22)17-3-12-4-18(25-7-15(12)21(23)26-17)27-19-5-13-10-32-29(2)20(31)9-30(13)28-19;1-2/h3-8H,9-10,22H2,1-2H3,(H2,23,26)(H,25,27,28);1-2H3. The van der Waals surface area contributed by atoms with E-state index in [0.29, 0.717) is 28.8 Å². The lowest BCUT2D eigenvalue weighted by molar-refractivity contribution is -0.180. The molecule has 5 rings (SSSR count). The van der Waals surface area contributed by atoms with Gasteiger partial charge in [-0.3, -0.25) is 19.3 Å². The SMILES string of the molecule is CC.Cc1c(N)cncc1-c1cc2cc(Nc3cc4n(n3)CC(=O)N(C)OC4)ncc2c(N)n1. The summed E-state index contributed by atoms with van der Waals surface area (Å²) >= 11 is 0. The number of hydroxylamine groups is 2. The van der Waals surface area contributed by atoms with E-state index in [9.17, 15) is 4.79 Å². The summed E-state index contributed by atoms with van der Waals surface area (Å²) in [6, 6.07) is 5.62. The minimum Gasteiger partial charge on any atom is -0.397 e. The Labute approximate surface area is 196 Å². The van der Waals surface area contributed by atoms with Gasteiger partial charge in [-0.25, -0.2) is 15.0 Å². The van der Waals surface area contributed by atoms with Gasteiger partial charge in [-0.2, -0.15) is 5.10 Å². The zero-order chi connectivity index (χ0) is 24.4. The molecule has 4 aromatic heterocycles. The van der Waals surface area contributed by atoms with Crippen molar-refractivity contribution in [2.75, 3.05) is 23.8 Å². The largest absolute Gasteiger partial charge is 0.397 e. The highest BCUT2D eigenvalue weighted by molar-refractivity contribution is 5.95. The number of nitrogens with zero attached hydrogens (tertiary/aromatic N) is 6. The molecule has 0 unspecified atom stereocenters. The van der Waals surface area contributed by atoms with Crippen LogP contribution in [-0.4, -0.2) is 42.8 Å². The maximum atomic E-state index is 12.0. The molecule has 1 aliphatic heterocycles. The van der Waals surface area contributed by atoms with E-state index in [1.165, 1.54) is 5.06 Å².